The molecule has 0 saturated heterocycles. The molecule has 1 N–H and O–H groups in total. The Morgan fingerprint density at radius 2 is 1.97 bits per heavy atom. The van der Waals surface area contributed by atoms with Crippen molar-refractivity contribution in [3.63, 3.8) is 0 Å². The van der Waals surface area contributed by atoms with Crippen molar-refractivity contribution in [2.24, 2.45) is 0 Å². The first kappa shape index (κ1) is 20.1. The minimum atomic E-state index is -4.70. The van der Waals surface area contributed by atoms with Crippen molar-refractivity contribution in [3.8, 4) is 17.1 Å². The summed E-state index contributed by atoms with van der Waals surface area (Å²) in [5.41, 5.74) is 1.66. The molecule has 2 heterocycles. The summed E-state index contributed by atoms with van der Waals surface area (Å²) in [4.78, 5) is 19.1. The van der Waals surface area contributed by atoms with Crippen LogP contribution >= 0.6 is 0 Å². The van der Waals surface area contributed by atoms with Crippen LogP contribution in [0.15, 0.2) is 47.2 Å². The lowest BCUT2D eigenvalue weighted by Crippen LogP contribution is -2.23. The molecule has 152 valence electrons. The molecule has 0 fully saturated rings. The third-order valence-corrected chi connectivity index (χ3v) is 3.76. The number of benzene rings is 1. The molecular weight excluding hydrogens is 393 g/mol. The summed E-state index contributed by atoms with van der Waals surface area (Å²) in [5.74, 6) is -1.04. The second-order valence-corrected chi connectivity index (χ2v) is 5.74. The highest BCUT2D eigenvalue weighted by molar-refractivity contribution is 5.67. The van der Waals surface area contributed by atoms with Crippen LogP contribution in [0.25, 0.3) is 11.4 Å². The maximum absolute atomic E-state index is 12.5. The number of halogens is 3. The van der Waals surface area contributed by atoms with E-state index in [0.29, 0.717) is 22.4 Å². The van der Waals surface area contributed by atoms with Crippen LogP contribution in [0.1, 0.15) is 17.0 Å². The van der Waals surface area contributed by atoms with Crippen LogP contribution < -0.4 is 10.1 Å². The number of nitrogens with zero attached hydrogens (tertiary/aromatic N) is 3. The molecule has 0 aliphatic rings. The minimum Gasteiger partial charge on any atom is -0.496 e. The van der Waals surface area contributed by atoms with E-state index in [9.17, 15) is 18.0 Å². The molecule has 29 heavy (non-hydrogen) atoms. The first-order chi connectivity index (χ1) is 13.9. The number of methoxy groups -OCH3 is 1. The van der Waals surface area contributed by atoms with Crippen LogP contribution in [0.4, 0.5) is 18.0 Å². The van der Waals surface area contributed by atoms with Gasteiger partial charge in [0.1, 0.15) is 12.4 Å². The molecule has 0 aliphatic heterocycles. The lowest BCUT2D eigenvalue weighted by atomic mass is 10.1. The standard InChI is InChI=1S/C18H15F3N4O4/c1-27-14-6-7-22-9-13(14)10-28-17(26)23-8-11-2-4-12(5-3-11)15-24-16(29-25-15)18(19,20)21/h2-7,9H,8,10H2,1H3,(H,23,26). The van der Waals surface area contributed by atoms with E-state index in [-0.39, 0.29) is 19.0 Å². The van der Waals surface area contributed by atoms with Gasteiger partial charge >= 0.3 is 18.2 Å². The van der Waals surface area contributed by atoms with Crippen LogP contribution in [-0.4, -0.2) is 28.3 Å². The van der Waals surface area contributed by atoms with Crippen molar-refractivity contribution in [1.82, 2.24) is 20.4 Å². The SMILES string of the molecule is COc1ccncc1COC(=O)NCc1ccc(-c2noc(C(F)(F)F)n2)cc1. The Hall–Kier alpha value is -3.63. The largest absolute Gasteiger partial charge is 0.496 e. The summed E-state index contributed by atoms with van der Waals surface area (Å²) in [5, 5.41) is 5.88. The second kappa shape index (κ2) is 8.59. The maximum Gasteiger partial charge on any atom is 0.471 e. The summed E-state index contributed by atoms with van der Waals surface area (Å²) in [6, 6.07) is 7.92. The van der Waals surface area contributed by atoms with Gasteiger partial charge in [0, 0.05) is 30.1 Å². The van der Waals surface area contributed by atoms with Crippen LogP contribution in [0.3, 0.4) is 0 Å². The monoisotopic (exact) mass is 408 g/mol. The number of carbonyl (C=O) groups excluding carboxylic acids is 1. The van der Waals surface area contributed by atoms with Crippen molar-refractivity contribution in [3.05, 3.63) is 59.7 Å². The van der Waals surface area contributed by atoms with Crippen LogP contribution in [0.5, 0.6) is 5.75 Å². The molecule has 3 rings (SSSR count). The lowest BCUT2D eigenvalue weighted by Gasteiger charge is -2.09. The van der Waals surface area contributed by atoms with Crippen LogP contribution in [0, 0.1) is 0 Å². The Bertz CT molecular complexity index is 974. The fourth-order valence-corrected chi connectivity index (χ4v) is 2.32. The molecule has 0 atom stereocenters. The number of alkyl carbamates (subject to hydrolysis) is 1. The van der Waals surface area contributed by atoms with Gasteiger partial charge in [-0.1, -0.05) is 29.4 Å². The van der Waals surface area contributed by atoms with E-state index in [0.717, 1.165) is 0 Å². The summed E-state index contributed by atoms with van der Waals surface area (Å²) in [6.07, 6.45) is -2.25. The number of hydrogen-bond donors (Lipinski definition) is 1. The summed E-state index contributed by atoms with van der Waals surface area (Å²) < 4.78 is 52.0. The molecule has 0 saturated carbocycles. The molecule has 0 aliphatic carbocycles. The molecule has 0 radical (unpaired) electrons. The normalized spacial score (nSPS) is 11.2. The molecule has 11 heteroatoms. The molecule has 8 nitrogen and oxygen atoms in total. The highest BCUT2D eigenvalue weighted by Crippen LogP contribution is 2.29. The average Bonchev–Trinajstić information content (AvgIpc) is 3.22. The van der Waals surface area contributed by atoms with Gasteiger partial charge in [-0.15, -0.1) is 0 Å². The number of nitrogens with one attached hydrogen (secondary N) is 1. The van der Waals surface area contributed by atoms with Crippen molar-refractivity contribution < 1.29 is 32.0 Å². The van der Waals surface area contributed by atoms with E-state index in [4.69, 9.17) is 9.47 Å². The van der Waals surface area contributed by atoms with Gasteiger partial charge < -0.3 is 19.3 Å². The van der Waals surface area contributed by atoms with E-state index >= 15 is 0 Å². The quantitative estimate of drug-likeness (QED) is 0.665. The van der Waals surface area contributed by atoms with Crippen molar-refractivity contribution in [1.29, 1.82) is 0 Å². The number of amides is 1. The molecule has 1 aromatic carbocycles. The Kier molecular flexibility index (Phi) is 5.96. The van der Waals surface area contributed by atoms with E-state index in [1.165, 1.54) is 25.4 Å². The van der Waals surface area contributed by atoms with Gasteiger partial charge in [0.2, 0.25) is 5.82 Å². The molecule has 2 aromatic heterocycles. The predicted molar refractivity (Wildman–Crippen MR) is 92.5 cm³/mol. The van der Waals surface area contributed by atoms with Crippen molar-refractivity contribution >= 4 is 6.09 Å². The van der Waals surface area contributed by atoms with Gasteiger partial charge in [0.15, 0.2) is 0 Å². The first-order valence-corrected chi connectivity index (χ1v) is 8.24. The zero-order valence-electron chi connectivity index (χ0n) is 15.1. The van der Waals surface area contributed by atoms with E-state index < -0.39 is 18.2 Å². The number of ether oxygens (including phenoxy) is 2. The van der Waals surface area contributed by atoms with Gasteiger partial charge in [-0.25, -0.2) is 4.79 Å². The number of rotatable bonds is 6. The average molecular weight is 408 g/mol. The van der Waals surface area contributed by atoms with Crippen LogP contribution in [0.2, 0.25) is 0 Å². The molecule has 0 bridgehead atoms. The van der Waals surface area contributed by atoms with Gasteiger partial charge in [-0.2, -0.15) is 18.2 Å². The van der Waals surface area contributed by atoms with E-state index in [1.54, 1.807) is 24.4 Å². The van der Waals surface area contributed by atoms with E-state index in [1.807, 2.05) is 0 Å². The first-order valence-electron chi connectivity index (χ1n) is 8.24. The van der Waals surface area contributed by atoms with Gasteiger partial charge in [0.25, 0.3) is 0 Å². The summed E-state index contributed by atoms with van der Waals surface area (Å²) >= 11 is 0. The third-order valence-electron chi connectivity index (χ3n) is 3.76. The smallest absolute Gasteiger partial charge is 0.471 e. The molecule has 0 unspecified atom stereocenters. The highest BCUT2D eigenvalue weighted by atomic mass is 19.4. The molecule has 1 amide bonds. The van der Waals surface area contributed by atoms with Gasteiger partial charge in [-0.05, 0) is 11.6 Å². The molecular formula is C18H15F3N4O4. The molecule has 3 aromatic rings. The second-order valence-electron chi connectivity index (χ2n) is 5.74. The highest BCUT2D eigenvalue weighted by Gasteiger charge is 2.38. The van der Waals surface area contributed by atoms with Gasteiger partial charge in [0.05, 0.1) is 7.11 Å². The summed E-state index contributed by atoms with van der Waals surface area (Å²) in [7, 11) is 1.50. The predicted octanol–water partition coefficient (Wildman–Crippen LogP) is 3.59. The Morgan fingerprint density at radius 1 is 1.21 bits per heavy atom. The maximum atomic E-state index is 12.5. The van der Waals surface area contributed by atoms with Crippen molar-refractivity contribution in [2.45, 2.75) is 19.3 Å². The minimum absolute atomic E-state index is 0.0127. The zero-order valence-corrected chi connectivity index (χ0v) is 15.1. The zero-order chi connectivity index (χ0) is 20.9. The number of aromatic nitrogens is 3. The third kappa shape index (κ3) is 5.21. The lowest BCUT2D eigenvalue weighted by molar-refractivity contribution is -0.159. The number of hydrogen-bond acceptors (Lipinski definition) is 7. The van der Waals surface area contributed by atoms with Crippen LogP contribution in [-0.2, 0) is 24.1 Å². The Balaban J connectivity index is 1.52. The Morgan fingerprint density at radius 3 is 2.62 bits per heavy atom. The van der Waals surface area contributed by atoms with Crippen molar-refractivity contribution in [2.75, 3.05) is 7.11 Å². The molecule has 0 spiro atoms. The van der Waals surface area contributed by atoms with Gasteiger partial charge in [-0.3, -0.25) is 4.98 Å². The topological polar surface area (TPSA) is 99.4 Å². The van der Waals surface area contributed by atoms with E-state index in [2.05, 4.69) is 25.0 Å². The fraction of sp³-hybridized carbons (Fsp3) is 0.222. The fourth-order valence-electron chi connectivity index (χ4n) is 2.32. The number of carbonyl (C=O) groups is 1. The Labute approximate surface area is 162 Å². The number of pyridine rings is 1. The summed E-state index contributed by atoms with van der Waals surface area (Å²) in [6.45, 7) is 0.143. The number of alkyl halides is 3.